The Kier molecular flexibility index (Phi) is 8.81. The second-order valence-corrected chi connectivity index (χ2v) is 12.8. The standard InChI is InChI=1S/C48H32N6/c1-3-15-33(16-4-1)45-47(54-48(46(53-45)34-17-5-2-6-18-34)38-22-14-20-36(30-38)40-23-7-10-26-49-40)37-21-13-19-35(29-37)39-31-43(41-24-8-11-27-50-41)52-44(32-39)42-25-9-12-28-51-42/h1-32H. The number of pyridine rings is 4. The molecule has 0 N–H and O–H groups in total. The molecular weight excluding hydrogens is 661 g/mol. The summed E-state index contributed by atoms with van der Waals surface area (Å²) >= 11 is 0. The molecule has 9 rings (SSSR count). The van der Waals surface area contributed by atoms with Crippen molar-refractivity contribution < 1.29 is 0 Å². The number of aromatic nitrogens is 6. The molecule has 254 valence electrons. The van der Waals surface area contributed by atoms with Crippen LogP contribution in [-0.4, -0.2) is 29.9 Å². The molecule has 0 aliphatic rings. The topological polar surface area (TPSA) is 77.3 Å². The third-order valence-corrected chi connectivity index (χ3v) is 9.24. The average molecular weight is 693 g/mol. The van der Waals surface area contributed by atoms with E-state index < -0.39 is 0 Å². The molecule has 0 saturated carbocycles. The molecule has 0 aliphatic heterocycles. The third-order valence-electron chi connectivity index (χ3n) is 9.24. The molecule has 6 heteroatoms. The summed E-state index contributed by atoms with van der Waals surface area (Å²) in [4.78, 5) is 29.9. The number of hydrogen-bond donors (Lipinski definition) is 0. The summed E-state index contributed by atoms with van der Waals surface area (Å²) in [6.45, 7) is 0. The van der Waals surface area contributed by atoms with E-state index in [0.29, 0.717) is 0 Å². The van der Waals surface area contributed by atoms with E-state index in [0.717, 1.165) is 90.2 Å². The van der Waals surface area contributed by atoms with Crippen molar-refractivity contribution in [2.24, 2.45) is 0 Å². The lowest BCUT2D eigenvalue weighted by Gasteiger charge is -2.17. The highest BCUT2D eigenvalue weighted by Gasteiger charge is 2.21. The highest BCUT2D eigenvalue weighted by atomic mass is 14.9. The number of rotatable bonds is 8. The second-order valence-electron chi connectivity index (χ2n) is 12.8. The Bertz CT molecular complexity index is 2630. The lowest BCUT2D eigenvalue weighted by Crippen LogP contribution is -2.01. The Labute approximate surface area is 313 Å². The van der Waals surface area contributed by atoms with E-state index in [1.165, 1.54) is 0 Å². The first-order valence-corrected chi connectivity index (χ1v) is 17.8. The molecule has 0 saturated heterocycles. The molecule has 5 heterocycles. The van der Waals surface area contributed by atoms with Gasteiger partial charge in [-0.3, -0.25) is 15.0 Å². The zero-order valence-electron chi connectivity index (χ0n) is 29.2. The average Bonchev–Trinajstić information content (AvgIpc) is 3.27. The second kappa shape index (κ2) is 14.7. The first-order chi connectivity index (χ1) is 26.8. The van der Waals surface area contributed by atoms with E-state index in [1.54, 1.807) is 12.4 Å². The molecule has 0 aliphatic carbocycles. The molecule has 0 unspecified atom stereocenters. The summed E-state index contributed by atoms with van der Waals surface area (Å²) < 4.78 is 0. The fourth-order valence-corrected chi connectivity index (χ4v) is 6.63. The molecule has 9 aromatic rings. The van der Waals surface area contributed by atoms with Crippen molar-refractivity contribution in [1.29, 1.82) is 0 Å². The van der Waals surface area contributed by atoms with Crippen LogP contribution in [0.5, 0.6) is 0 Å². The van der Waals surface area contributed by atoms with Crippen molar-refractivity contribution in [2.45, 2.75) is 0 Å². The minimum atomic E-state index is 0.770. The van der Waals surface area contributed by atoms with Crippen molar-refractivity contribution >= 4 is 0 Å². The van der Waals surface area contributed by atoms with Gasteiger partial charge in [0.25, 0.3) is 0 Å². The van der Waals surface area contributed by atoms with Crippen LogP contribution in [0.4, 0.5) is 0 Å². The van der Waals surface area contributed by atoms with Crippen LogP contribution in [0, 0.1) is 0 Å². The SMILES string of the molecule is c1ccc(-c2nc(-c3ccccc3)c(-c3cccc(-c4ccccn4)c3)nc2-c2cccc(-c3cc(-c4ccccn4)nc(-c4ccccn4)c3)c2)cc1. The fourth-order valence-electron chi connectivity index (χ4n) is 6.63. The van der Waals surface area contributed by atoms with Gasteiger partial charge in [-0.15, -0.1) is 0 Å². The molecule has 0 bridgehead atoms. The van der Waals surface area contributed by atoms with Crippen LogP contribution in [0.3, 0.4) is 0 Å². The van der Waals surface area contributed by atoms with Gasteiger partial charge in [0.15, 0.2) is 0 Å². The predicted octanol–water partition coefficient (Wildman–Crippen LogP) is 11.4. The lowest BCUT2D eigenvalue weighted by molar-refractivity contribution is 1.21. The van der Waals surface area contributed by atoms with Crippen LogP contribution >= 0.6 is 0 Å². The Morgan fingerprint density at radius 3 is 1.09 bits per heavy atom. The van der Waals surface area contributed by atoms with E-state index in [2.05, 4.69) is 99.9 Å². The van der Waals surface area contributed by atoms with Gasteiger partial charge in [-0.05, 0) is 71.8 Å². The van der Waals surface area contributed by atoms with Gasteiger partial charge in [0.05, 0.1) is 51.2 Å². The van der Waals surface area contributed by atoms with Crippen molar-refractivity contribution in [3.8, 4) is 90.2 Å². The summed E-state index contributed by atoms with van der Waals surface area (Å²) in [5.41, 5.74) is 14.1. The summed E-state index contributed by atoms with van der Waals surface area (Å²) in [7, 11) is 0. The lowest BCUT2D eigenvalue weighted by atomic mass is 9.96. The molecule has 0 fully saturated rings. The maximum atomic E-state index is 5.55. The Morgan fingerprint density at radius 2 is 0.611 bits per heavy atom. The zero-order chi connectivity index (χ0) is 36.1. The minimum Gasteiger partial charge on any atom is -0.256 e. The minimum absolute atomic E-state index is 0.770. The van der Waals surface area contributed by atoms with Gasteiger partial charge in [0.1, 0.15) is 0 Å². The van der Waals surface area contributed by atoms with Crippen molar-refractivity contribution in [2.75, 3.05) is 0 Å². The Morgan fingerprint density at radius 1 is 0.222 bits per heavy atom. The van der Waals surface area contributed by atoms with Crippen LogP contribution in [0.1, 0.15) is 0 Å². The quantitative estimate of drug-likeness (QED) is 0.158. The van der Waals surface area contributed by atoms with E-state index >= 15 is 0 Å². The van der Waals surface area contributed by atoms with Crippen molar-refractivity contribution in [3.05, 3.63) is 195 Å². The van der Waals surface area contributed by atoms with E-state index in [9.17, 15) is 0 Å². The number of benzene rings is 4. The Balaban J connectivity index is 1.26. The number of hydrogen-bond acceptors (Lipinski definition) is 6. The molecule has 6 nitrogen and oxygen atoms in total. The molecular formula is C48H32N6. The highest BCUT2D eigenvalue weighted by Crippen LogP contribution is 2.39. The highest BCUT2D eigenvalue weighted by molar-refractivity contribution is 5.88. The fraction of sp³-hybridized carbons (Fsp3) is 0. The first kappa shape index (κ1) is 32.5. The van der Waals surface area contributed by atoms with E-state index in [4.69, 9.17) is 15.0 Å². The van der Waals surface area contributed by atoms with Crippen LogP contribution in [-0.2, 0) is 0 Å². The molecule has 4 aromatic carbocycles. The van der Waals surface area contributed by atoms with Crippen LogP contribution in [0.15, 0.2) is 195 Å². The van der Waals surface area contributed by atoms with Gasteiger partial charge < -0.3 is 0 Å². The smallest absolute Gasteiger partial charge is 0.0973 e. The van der Waals surface area contributed by atoms with Gasteiger partial charge >= 0.3 is 0 Å². The maximum absolute atomic E-state index is 5.55. The summed E-state index contributed by atoms with van der Waals surface area (Å²) in [6, 6.07) is 59.3. The van der Waals surface area contributed by atoms with Gasteiger partial charge in [0, 0.05) is 46.4 Å². The number of nitrogens with zero attached hydrogens (tertiary/aromatic N) is 6. The Hall–Kier alpha value is -7.44. The van der Waals surface area contributed by atoms with Gasteiger partial charge in [-0.25, -0.2) is 15.0 Å². The van der Waals surface area contributed by atoms with Crippen LogP contribution < -0.4 is 0 Å². The molecule has 0 spiro atoms. The molecule has 0 atom stereocenters. The molecule has 54 heavy (non-hydrogen) atoms. The monoisotopic (exact) mass is 692 g/mol. The molecule has 0 radical (unpaired) electrons. The van der Waals surface area contributed by atoms with Gasteiger partial charge in [-0.1, -0.05) is 115 Å². The first-order valence-electron chi connectivity index (χ1n) is 17.8. The third kappa shape index (κ3) is 6.67. The van der Waals surface area contributed by atoms with Crippen LogP contribution in [0.2, 0.25) is 0 Å². The zero-order valence-corrected chi connectivity index (χ0v) is 29.2. The normalized spacial score (nSPS) is 11.0. The van der Waals surface area contributed by atoms with Gasteiger partial charge in [0.2, 0.25) is 0 Å². The molecule has 0 amide bonds. The van der Waals surface area contributed by atoms with Crippen molar-refractivity contribution in [3.63, 3.8) is 0 Å². The molecule has 5 aromatic heterocycles. The predicted molar refractivity (Wildman–Crippen MR) is 217 cm³/mol. The summed E-state index contributed by atoms with van der Waals surface area (Å²) in [5.74, 6) is 0. The maximum Gasteiger partial charge on any atom is 0.0973 e. The van der Waals surface area contributed by atoms with E-state index in [1.807, 2.05) is 97.2 Å². The van der Waals surface area contributed by atoms with Crippen LogP contribution in [0.25, 0.3) is 90.2 Å². The summed E-state index contributed by atoms with van der Waals surface area (Å²) in [5, 5.41) is 0. The van der Waals surface area contributed by atoms with Gasteiger partial charge in [-0.2, -0.15) is 0 Å². The largest absolute Gasteiger partial charge is 0.256 e. The van der Waals surface area contributed by atoms with Crippen molar-refractivity contribution in [1.82, 2.24) is 29.9 Å². The van der Waals surface area contributed by atoms with E-state index in [-0.39, 0.29) is 0 Å². The summed E-state index contributed by atoms with van der Waals surface area (Å²) in [6.07, 6.45) is 5.40.